The van der Waals surface area contributed by atoms with Crippen LogP contribution in [0.2, 0.25) is 0 Å². The molecule has 48 valence electrons. The van der Waals surface area contributed by atoms with Crippen LogP contribution in [0.5, 0.6) is 0 Å². The van der Waals surface area contributed by atoms with Crippen LogP contribution in [0.25, 0.3) is 0 Å². The van der Waals surface area contributed by atoms with Gasteiger partial charge in [-0.15, -0.1) is 0 Å². The van der Waals surface area contributed by atoms with E-state index >= 15 is 0 Å². The maximum Gasteiger partial charge on any atom is 1.00 e. The molecule has 0 atom stereocenters. The smallest absolute Gasteiger partial charge is 0.790 e. The summed E-state index contributed by atoms with van der Waals surface area (Å²) in [5, 5.41) is 0. The monoisotopic (exact) mass is 178 g/mol. The van der Waals surface area contributed by atoms with Gasteiger partial charge in [0.2, 0.25) is 0 Å². The molecule has 0 spiro atoms. The maximum absolute atomic E-state index is 8.66. The Labute approximate surface area is 97.4 Å². The Kier molecular flexibility index (Phi) is 43.0. The van der Waals surface area contributed by atoms with Crippen molar-refractivity contribution in [3.63, 3.8) is 0 Å². The molecule has 0 aliphatic heterocycles. The van der Waals surface area contributed by atoms with Crippen molar-refractivity contribution in [3.8, 4) is 0 Å². The Balaban J connectivity index is -0.0000000133. The summed E-state index contributed by atoms with van der Waals surface area (Å²) < 4.78 is 8.66. The molecule has 9 N–H and O–H groups in total. The van der Waals surface area contributed by atoms with Gasteiger partial charge in [-0.3, -0.25) is 0 Å². The van der Waals surface area contributed by atoms with E-state index in [1.807, 2.05) is 0 Å². The average molecular weight is 178 g/mol. The predicted molar refractivity (Wildman–Crippen MR) is 21.8 cm³/mol. The summed E-state index contributed by atoms with van der Waals surface area (Å²) in [7, 11) is -5.14. The molecular formula is H9N2Na2O4P+2. The summed E-state index contributed by atoms with van der Waals surface area (Å²) in [5.74, 6) is 0. The normalized spacial score (nSPS) is 6.56. The molecule has 0 aromatic rings. The van der Waals surface area contributed by atoms with E-state index in [4.69, 9.17) is 19.2 Å². The van der Waals surface area contributed by atoms with Crippen LogP contribution in [-0.2, 0) is 4.57 Å². The van der Waals surface area contributed by atoms with E-state index < -0.39 is 7.82 Å². The molecule has 0 heterocycles. The van der Waals surface area contributed by atoms with E-state index in [0.717, 1.165) is 0 Å². The molecule has 0 rings (SSSR count). The van der Waals surface area contributed by atoms with Gasteiger partial charge in [-0.25, -0.2) is 0 Å². The first-order valence-corrected chi connectivity index (χ1v) is 2.24. The molecule has 0 radical (unpaired) electrons. The molecular weight excluding hydrogens is 169 g/mol. The second-order valence-electron chi connectivity index (χ2n) is 0.469. The van der Waals surface area contributed by atoms with Crippen molar-refractivity contribution >= 4 is 7.82 Å². The van der Waals surface area contributed by atoms with Gasteiger partial charge in [0.05, 0.1) is 7.82 Å². The predicted octanol–water partition coefficient (Wildman–Crippen LogP) is -7.43. The van der Waals surface area contributed by atoms with E-state index in [9.17, 15) is 0 Å². The van der Waals surface area contributed by atoms with Gasteiger partial charge in [0.1, 0.15) is 0 Å². The first kappa shape index (κ1) is 30.5. The molecule has 0 aromatic heterocycles. The van der Waals surface area contributed by atoms with Crippen molar-refractivity contribution in [2.24, 2.45) is 0 Å². The fraction of sp³-hybridized carbons (Fsp3) is 0. The summed E-state index contributed by atoms with van der Waals surface area (Å²) in [5.41, 5.74) is 0. The van der Waals surface area contributed by atoms with Gasteiger partial charge in [-0.2, -0.15) is 0 Å². The number of rotatable bonds is 0. The second kappa shape index (κ2) is 12.7. The fourth-order valence-electron chi connectivity index (χ4n) is 0. The van der Waals surface area contributed by atoms with Crippen LogP contribution in [0, 0.1) is 0 Å². The van der Waals surface area contributed by atoms with Crippen LogP contribution < -0.4 is 81.2 Å². The Morgan fingerprint density at radius 3 is 1.11 bits per heavy atom. The average Bonchev–Trinajstić information content (AvgIpc) is 0.722. The number of hydrogen-bond acceptors (Lipinski definition) is 3. The van der Waals surface area contributed by atoms with Gasteiger partial charge < -0.3 is 31.5 Å². The Morgan fingerprint density at radius 1 is 1.11 bits per heavy atom. The van der Waals surface area contributed by atoms with Crippen molar-refractivity contribution in [2.75, 3.05) is 0 Å². The fourth-order valence-corrected chi connectivity index (χ4v) is 0. The molecule has 0 saturated carbocycles. The number of phosphoric acid groups is 1. The van der Waals surface area contributed by atoms with Gasteiger partial charge in [-0.1, -0.05) is 0 Å². The molecule has 9 heteroatoms. The third-order valence-corrected chi connectivity index (χ3v) is 0. The molecule has 0 saturated heterocycles. The van der Waals surface area contributed by atoms with Gasteiger partial charge in [0.15, 0.2) is 0 Å². The van der Waals surface area contributed by atoms with Gasteiger partial charge in [0, 0.05) is 0 Å². The van der Waals surface area contributed by atoms with Crippen molar-refractivity contribution in [1.82, 2.24) is 12.3 Å². The minimum atomic E-state index is -5.14. The first-order chi connectivity index (χ1) is 2.00. The Morgan fingerprint density at radius 2 is 1.11 bits per heavy atom. The van der Waals surface area contributed by atoms with Crippen molar-refractivity contribution in [2.45, 2.75) is 0 Å². The first-order valence-electron chi connectivity index (χ1n) is 0.748. The zero-order chi connectivity index (χ0) is 4.50. The van der Waals surface area contributed by atoms with E-state index in [2.05, 4.69) is 0 Å². The molecule has 6 nitrogen and oxygen atoms in total. The van der Waals surface area contributed by atoms with Crippen LogP contribution in [0.4, 0.5) is 0 Å². The summed E-state index contributed by atoms with van der Waals surface area (Å²) in [6.45, 7) is 0. The van der Waals surface area contributed by atoms with E-state index in [1.165, 1.54) is 0 Å². The minimum Gasteiger partial charge on any atom is -0.790 e. The van der Waals surface area contributed by atoms with Gasteiger partial charge in [0.25, 0.3) is 0 Å². The maximum atomic E-state index is 8.66. The molecule has 0 unspecified atom stereocenters. The topological polar surface area (TPSA) is 156 Å². The molecule has 0 fully saturated rings. The van der Waals surface area contributed by atoms with E-state index in [-0.39, 0.29) is 71.4 Å². The van der Waals surface area contributed by atoms with Gasteiger partial charge in [-0.05, 0) is 0 Å². The largest absolute Gasteiger partial charge is 1.00 e. The minimum absolute atomic E-state index is 0. The van der Waals surface area contributed by atoms with Crippen LogP contribution in [-0.4, -0.2) is 4.89 Å². The second-order valence-corrected chi connectivity index (χ2v) is 1.41. The Bertz CT molecular complexity index is 62.7. The molecule has 0 aliphatic rings. The quantitative estimate of drug-likeness (QED) is 0.248. The van der Waals surface area contributed by atoms with Crippen LogP contribution in [0.3, 0.4) is 0 Å². The Hall–Kier alpha value is 2.03. The molecule has 0 bridgehead atoms. The van der Waals surface area contributed by atoms with E-state index in [1.54, 1.807) is 0 Å². The van der Waals surface area contributed by atoms with Crippen molar-refractivity contribution < 1.29 is 78.4 Å². The molecule has 9 heavy (non-hydrogen) atoms. The standard InChI is InChI=1S/2H3N.2Na.H3O4P/c;;;;1-5(2,3)4/h2*1H3;;;(H3,1,2,3,4)/q;;2*+1;. The van der Waals surface area contributed by atoms with Crippen LogP contribution >= 0.6 is 7.82 Å². The van der Waals surface area contributed by atoms with Gasteiger partial charge >= 0.3 is 59.1 Å². The zero-order valence-electron chi connectivity index (χ0n) is 6.12. The summed E-state index contributed by atoms with van der Waals surface area (Å²) in [4.78, 5) is 24.3. The third-order valence-electron chi connectivity index (χ3n) is 0. The molecule has 0 aromatic carbocycles. The van der Waals surface area contributed by atoms with Crippen molar-refractivity contribution in [3.05, 3.63) is 0 Å². The summed E-state index contributed by atoms with van der Waals surface area (Å²) >= 11 is 0. The number of hydrogen-bond donors (Lipinski definition) is 3. The van der Waals surface area contributed by atoms with Crippen molar-refractivity contribution in [1.29, 1.82) is 0 Å². The number of quaternary nitrogens is 2. The molecule has 0 amide bonds. The summed E-state index contributed by atoms with van der Waals surface area (Å²) in [6.07, 6.45) is 0. The SMILES string of the molecule is O=P([O-])([O-])O.[NH4+].[NH4+].[Na+].[Na+]. The molecule has 0 aliphatic carbocycles. The van der Waals surface area contributed by atoms with E-state index in [0.29, 0.717) is 0 Å². The third kappa shape index (κ3) is 157. The van der Waals surface area contributed by atoms with Crippen LogP contribution in [0.15, 0.2) is 0 Å². The summed E-state index contributed by atoms with van der Waals surface area (Å²) in [6, 6.07) is 0. The van der Waals surface area contributed by atoms with Crippen LogP contribution in [0.1, 0.15) is 0 Å². The zero-order valence-corrected chi connectivity index (χ0v) is 11.0.